The zero-order valence-electron chi connectivity index (χ0n) is 12.2. The maximum Gasteiger partial charge on any atom is 0.270 e. The zero-order valence-corrected chi connectivity index (χ0v) is 12.2. The predicted octanol–water partition coefficient (Wildman–Crippen LogP) is 2.73. The number of pyridine rings is 1. The lowest BCUT2D eigenvalue weighted by Gasteiger charge is -2.20. The van der Waals surface area contributed by atoms with E-state index in [1.54, 1.807) is 0 Å². The van der Waals surface area contributed by atoms with Gasteiger partial charge in [-0.25, -0.2) is 4.98 Å². The second-order valence-electron chi connectivity index (χ2n) is 5.90. The van der Waals surface area contributed by atoms with Crippen LogP contribution in [0.25, 0.3) is 5.65 Å². The summed E-state index contributed by atoms with van der Waals surface area (Å²) in [5.74, 6) is -0.0672. The van der Waals surface area contributed by atoms with Gasteiger partial charge in [-0.2, -0.15) is 0 Å². The molecule has 1 N–H and O–H groups in total. The van der Waals surface area contributed by atoms with Crippen molar-refractivity contribution in [2.24, 2.45) is 0 Å². The number of rotatable bonds is 2. The van der Waals surface area contributed by atoms with Crippen LogP contribution in [-0.4, -0.2) is 20.8 Å². The fourth-order valence-electron chi connectivity index (χ4n) is 2.09. The van der Waals surface area contributed by atoms with Gasteiger partial charge < -0.3 is 5.32 Å². The molecule has 2 aromatic rings. The van der Waals surface area contributed by atoms with Gasteiger partial charge in [0.25, 0.3) is 5.91 Å². The van der Waals surface area contributed by atoms with Crippen LogP contribution in [0.5, 0.6) is 0 Å². The number of aryl methyl sites for hydroxylation is 2. The number of aromatic nitrogens is 2. The minimum absolute atomic E-state index is 0.0672. The van der Waals surface area contributed by atoms with E-state index in [1.807, 2.05) is 57.3 Å². The molecule has 0 aliphatic rings. The van der Waals surface area contributed by atoms with Gasteiger partial charge in [0.2, 0.25) is 0 Å². The van der Waals surface area contributed by atoms with E-state index in [2.05, 4.69) is 10.3 Å². The van der Waals surface area contributed by atoms with Crippen LogP contribution in [0.1, 0.15) is 49.4 Å². The number of fused-ring (bicyclic) bond motifs is 1. The lowest BCUT2D eigenvalue weighted by Crippen LogP contribution is -2.41. The molecule has 19 heavy (non-hydrogen) atoms. The summed E-state index contributed by atoms with van der Waals surface area (Å²) in [4.78, 5) is 17.0. The number of amides is 1. The van der Waals surface area contributed by atoms with E-state index in [9.17, 15) is 4.79 Å². The second kappa shape index (κ2) is 4.68. The van der Waals surface area contributed by atoms with Crippen molar-refractivity contribution in [3.63, 3.8) is 0 Å². The first-order chi connectivity index (χ1) is 8.81. The van der Waals surface area contributed by atoms with Gasteiger partial charge in [-0.15, -0.1) is 0 Å². The Bertz CT molecular complexity index is 620. The topological polar surface area (TPSA) is 46.4 Å². The van der Waals surface area contributed by atoms with Crippen LogP contribution in [0.2, 0.25) is 0 Å². The fourth-order valence-corrected chi connectivity index (χ4v) is 2.09. The Kier molecular flexibility index (Phi) is 3.35. The molecule has 0 saturated heterocycles. The van der Waals surface area contributed by atoms with E-state index in [0.717, 1.165) is 23.3 Å². The Hall–Kier alpha value is -1.84. The summed E-state index contributed by atoms with van der Waals surface area (Å²) in [6.45, 7) is 9.96. The summed E-state index contributed by atoms with van der Waals surface area (Å²) in [5, 5.41) is 3.01. The van der Waals surface area contributed by atoms with Gasteiger partial charge in [-0.05, 0) is 45.7 Å². The van der Waals surface area contributed by atoms with E-state index in [4.69, 9.17) is 0 Å². The summed E-state index contributed by atoms with van der Waals surface area (Å²) in [6.07, 6.45) is 2.70. The van der Waals surface area contributed by atoms with Crippen LogP contribution >= 0.6 is 0 Å². The summed E-state index contributed by atoms with van der Waals surface area (Å²) >= 11 is 0. The number of carbonyl (C=O) groups is 1. The number of nitrogens with one attached hydrogen (secondary N) is 1. The molecule has 1 amide bonds. The minimum Gasteiger partial charge on any atom is -0.346 e. The molecule has 0 aliphatic heterocycles. The molecule has 0 radical (unpaired) electrons. The quantitative estimate of drug-likeness (QED) is 0.901. The fraction of sp³-hybridized carbons (Fsp3) is 0.467. The molecule has 0 saturated carbocycles. The van der Waals surface area contributed by atoms with E-state index < -0.39 is 0 Å². The molecule has 2 rings (SSSR count). The average Bonchev–Trinajstić information content (AvgIpc) is 2.64. The molecule has 4 nitrogen and oxygen atoms in total. The van der Waals surface area contributed by atoms with Gasteiger partial charge in [-0.1, -0.05) is 13.0 Å². The molecular weight excluding hydrogens is 238 g/mol. The molecule has 0 aromatic carbocycles. The number of hydrogen-bond acceptors (Lipinski definition) is 2. The third-order valence-corrected chi connectivity index (χ3v) is 2.88. The van der Waals surface area contributed by atoms with Crippen molar-refractivity contribution in [3.8, 4) is 0 Å². The van der Waals surface area contributed by atoms with Crippen molar-refractivity contribution in [3.05, 3.63) is 35.3 Å². The van der Waals surface area contributed by atoms with Crippen molar-refractivity contribution >= 4 is 11.6 Å². The Balaban J connectivity index is 2.56. The van der Waals surface area contributed by atoms with Crippen LogP contribution in [0, 0.1) is 6.92 Å². The second-order valence-corrected chi connectivity index (χ2v) is 5.90. The van der Waals surface area contributed by atoms with Crippen LogP contribution in [0.3, 0.4) is 0 Å². The van der Waals surface area contributed by atoms with Crippen LogP contribution < -0.4 is 5.32 Å². The average molecular weight is 259 g/mol. The van der Waals surface area contributed by atoms with Crippen LogP contribution in [-0.2, 0) is 6.42 Å². The molecule has 0 fully saturated rings. The maximum absolute atomic E-state index is 12.5. The smallest absolute Gasteiger partial charge is 0.270 e. The van der Waals surface area contributed by atoms with Gasteiger partial charge in [-0.3, -0.25) is 9.20 Å². The van der Waals surface area contributed by atoms with E-state index >= 15 is 0 Å². The van der Waals surface area contributed by atoms with Crippen molar-refractivity contribution in [2.75, 3.05) is 0 Å². The van der Waals surface area contributed by atoms with Gasteiger partial charge in [0.1, 0.15) is 11.3 Å². The molecule has 4 heteroatoms. The molecule has 2 aromatic heterocycles. The van der Waals surface area contributed by atoms with Crippen molar-refractivity contribution in [2.45, 2.75) is 46.6 Å². The SMILES string of the molecule is CCc1nc2ccc(C)cn2c1C(=O)NC(C)(C)C. The molecule has 0 unspecified atom stereocenters. The van der Waals surface area contributed by atoms with Crippen molar-refractivity contribution in [1.29, 1.82) is 0 Å². The zero-order chi connectivity index (χ0) is 14.2. The van der Waals surface area contributed by atoms with Gasteiger partial charge >= 0.3 is 0 Å². The highest BCUT2D eigenvalue weighted by atomic mass is 16.2. The monoisotopic (exact) mass is 259 g/mol. The summed E-state index contributed by atoms with van der Waals surface area (Å²) < 4.78 is 1.88. The van der Waals surface area contributed by atoms with Crippen molar-refractivity contribution < 1.29 is 4.79 Å². The largest absolute Gasteiger partial charge is 0.346 e. The molecule has 102 valence electrons. The summed E-state index contributed by atoms with van der Waals surface area (Å²) in [6, 6.07) is 3.95. The van der Waals surface area contributed by atoms with Crippen molar-refractivity contribution in [1.82, 2.24) is 14.7 Å². The number of imidazole rings is 1. The first kappa shape index (κ1) is 13.6. The van der Waals surface area contributed by atoms with Gasteiger partial charge in [0.15, 0.2) is 0 Å². The maximum atomic E-state index is 12.5. The van der Waals surface area contributed by atoms with Crippen LogP contribution in [0.15, 0.2) is 18.3 Å². The Morgan fingerprint density at radius 1 is 1.37 bits per heavy atom. The normalized spacial score (nSPS) is 11.8. The lowest BCUT2D eigenvalue weighted by atomic mass is 10.1. The minimum atomic E-state index is -0.254. The first-order valence-electron chi connectivity index (χ1n) is 6.62. The molecule has 0 aliphatic carbocycles. The van der Waals surface area contributed by atoms with E-state index in [1.165, 1.54) is 0 Å². The number of carbonyl (C=O) groups excluding carboxylic acids is 1. The third-order valence-electron chi connectivity index (χ3n) is 2.88. The predicted molar refractivity (Wildman–Crippen MR) is 76.5 cm³/mol. The molecule has 0 spiro atoms. The highest BCUT2D eigenvalue weighted by Gasteiger charge is 2.22. The van der Waals surface area contributed by atoms with E-state index in [0.29, 0.717) is 5.69 Å². The highest BCUT2D eigenvalue weighted by Crippen LogP contribution is 2.16. The molecular formula is C15H21N3O. The van der Waals surface area contributed by atoms with Gasteiger partial charge in [0, 0.05) is 11.7 Å². The van der Waals surface area contributed by atoms with Crippen LogP contribution in [0.4, 0.5) is 0 Å². The third kappa shape index (κ3) is 2.78. The summed E-state index contributed by atoms with van der Waals surface area (Å²) in [7, 11) is 0. The number of nitrogens with zero attached hydrogens (tertiary/aromatic N) is 2. The first-order valence-corrected chi connectivity index (χ1v) is 6.62. The van der Waals surface area contributed by atoms with E-state index in [-0.39, 0.29) is 11.4 Å². The lowest BCUT2D eigenvalue weighted by molar-refractivity contribution is 0.0912. The molecule has 0 atom stereocenters. The Labute approximate surface area is 113 Å². The molecule has 2 heterocycles. The van der Waals surface area contributed by atoms with Gasteiger partial charge in [0.05, 0.1) is 5.69 Å². The Morgan fingerprint density at radius 3 is 2.63 bits per heavy atom. The number of hydrogen-bond donors (Lipinski definition) is 1. The standard InChI is InChI=1S/C15H21N3O/c1-6-11-13(14(19)17-15(3,4)5)18-9-10(2)7-8-12(18)16-11/h7-9H,6H2,1-5H3,(H,17,19). The molecule has 0 bridgehead atoms. The summed E-state index contributed by atoms with van der Waals surface area (Å²) in [5.41, 5.74) is 3.16. The Morgan fingerprint density at radius 2 is 2.05 bits per heavy atom. The highest BCUT2D eigenvalue weighted by molar-refractivity contribution is 5.95.